The Morgan fingerprint density at radius 2 is 1.53 bits per heavy atom. The minimum absolute atomic E-state index is 0.0491. The van der Waals surface area contributed by atoms with Gasteiger partial charge in [0.2, 0.25) is 0 Å². The standard InChI is InChI=1S/C9H8BrF3O2/c1-14-7-3-5(9(11,12)13)6(10)4-8(7)15-2/h3-4H,1-2H3. The van der Waals surface area contributed by atoms with Crippen molar-refractivity contribution >= 4 is 15.9 Å². The van der Waals surface area contributed by atoms with Crippen molar-refractivity contribution in [2.75, 3.05) is 14.2 Å². The number of ether oxygens (including phenoxy) is 2. The SMILES string of the molecule is COc1cc(Br)c(C(F)(F)F)cc1OC. The topological polar surface area (TPSA) is 18.5 Å². The van der Waals surface area contributed by atoms with E-state index < -0.39 is 11.7 Å². The summed E-state index contributed by atoms with van der Waals surface area (Å²) in [6.07, 6.45) is -4.42. The third kappa shape index (κ3) is 2.56. The lowest BCUT2D eigenvalue weighted by molar-refractivity contribution is -0.138. The Hall–Kier alpha value is -0.910. The highest BCUT2D eigenvalue weighted by Gasteiger charge is 2.34. The molecule has 0 N–H and O–H groups in total. The first-order chi connectivity index (χ1) is 6.90. The molecule has 0 unspecified atom stereocenters. The van der Waals surface area contributed by atoms with E-state index in [0.29, 0.717) is 0 Å². The van der Waals surface area contributed by atoms with E-state index in [0.717, 1.165) is 6.07 Å². The Balaban J connectivity index is 3.32. The van der Waals surface area contributed by atoms with Gasteiger partial charge in [-0.05, 0) is 12.1 Å². The summed E-state index contributed by atoms with van der Waals surface area (Å²) in [5, 5.41) is 0. The fourth-order valence-corrected chi connectivity index (χ4v) is 1.62. The first-order valence-electron chi connectivity index (χ1n) is 3.89. The quantitative estimate of drug-likeness (QED) is 0.828. The number of methoxy groups -OCH3 is 2. The van der Waals surface area contributed by atoms with E-state index in [9.17, 15) is 13.2 Å². The van der Waals surface area contributed by atoms with Gasteiger partial charge in [-0.2, -0.15) is 13.2 Å². The van der Waals surface area contributed by atoms with Crippen LogP contribution in [0.15, 0.2) is 16.6 Å². The fraction of sp³-hybridized carbons (Fsp3) is 0.333. The average Bonchev–Trinajstić information content (AvgIpc) is 2.15. The third-order valence-electron chi connectivity index (χ3n) is 1.78. The van der Waals surface area contributed by atoms with E-state index in [4.69, 9.17) is 9.47 Å². The first-order valence-corrected chi connectivity index (χ1v) is 4.68. The molecule has 0 heterocycles. The predicted molar refractivity (Wildman–Crippen MR) is 52.2 cm³/mol. The van der Waals surface area contributed by atoms with Gasteiger partial charge in [-0.15, -0.1) is 0 Å². The number of benzene rings is 1. The van der Waals surface area contributed by atoms with Gasteiger partial charge >= 0.3 is 6.18 Å². The van der Waals surface area contributed by atoms with Gasteiger partial charge < -0.3 is 9.47 Å². The van der Waals surface area contributed by atoms with Gasteiger partial charge in [-0.25, -0.2) is 0 Å². The first kappa shape index (κ1) is 12.2. The monoisotopic (exact) mass is 284 g/mol. The van der Waals surface area contributed by atoms with Crippen LogP contribution in [0.5, 0.6) is 11.5 Å². The zero-order valence-electron chi connectivity index (χ0n) is 7.98. The Morgan fingerprint density at radius 1 is 1.07 bits per heavy atom. The summed E-state index contributed by atoms with van der Waals surface area (Å²) in [5.41, 5.74) is -0.792. The van der Waals surface area contributed by atoms with Crippen LogP contribution in [0.2, 0.25) is 0 Å². The highest BCUT2D eigenvalue weighted by atomic mass is 79.9. The molecule has 0 amide bonds. The molecule has 1 aromatic rings. The molecule has 0 bridgehead atoms. The number of alkyl halides is 3. The normalized spacial score (nSPS) is 11.3. The summed E-state index contributed by atoms with van der Waals surface area (Å²) in [4.78, 5) is 0. The summed E-state index contributed by atoms with van der Waals surface area (Å²) in [6, 6.07) is 2.12. The van der Waals surface area contributed by atoms with E-state index in [1.807, 2.05) is 0 Å². The van der Waals surface area contributed by atoms with Crippen LogP contribution in [-0.4, -0.2) is 14.2 Å². The Labute approximate surface area is 93.1 Å². The molecule has 0 aliphatic carbocycles. The largest absolute Gasteiger partial charge is 0.493 e. The van der Waals surface area contributed by atoms with Crippen LogP contribution < -0.4 is 9.47 Å². The molecule has 0 aromatic heterocycles. The minimum Gasteiger partial charge on any atom is -0.493 e. The summed E-state index contributed by atoms with van der Waals surface area (Å²) in [7, 11) is 2.64. The minimum atomic E-state index is -4.42. The number of rotatable bonds is 2. The number of hydrogen-bond acceptors (Lipinski definition) is 2. The molecule has 6 heteroatoms. The zero-order valence-corrected chi connectivity index (χ0v) is 9.57. The van der Waals surface area contributed by atoms with Gasteiger partial charge in [0.25, 0.3) is 0 Å². The maximum atomic E-state index is 12.5. The van der Waals surface area contributed by atoms with E-state index in [1.165, 1.54) is 20.3 Å². The molecule has 0 spiro atoms. The molecule has 0 aliphatic heterocycles. The van der Waals surface area contributed by atoms with Gasteiger partial charge in [-0.3, -0.25) is 0 Å². The molecule has 15 heavy (non-hydrogen) atoms. The number of halogens is 4. The third-order valence-corrected chi connectivity index (χ3v) is 2.43. The molecule has 1 rings (SSSR count). The van der Waals surface area contributed by atoms with E-state index in [-0.39, 0.29) is 16.0 Å². The van der Waals surface area contributed by atoms with Crippen molar-refractivity contribution in [1.82, 2.24) is 0 Å². The molecule has 0 saturated carbocycles. The second-order valence-corrected chi connectivity index (χ2v) is 3.54. The highest BCUT2D eigenvalue weighted by molar-refractivity contribution is 9.10. The maximum absolute atomic E-state index is 12.5. The van der Waals surface area contributed by atoms with Crippen LogP contribution in [0.1, 0.15) is 5.56 Å². The van der Waals surface area contributed by atoms with Crippen molar-refractivity contribution in [1.29, 1.82) is 0 Å². The molecule has 0 fully saturated rings. The van der Waals surface area contributed by atoms with Crippen LogP contribution >= 0.6 is 15.9 Å². The maximum Gasteiger partial charge on any atom is 0.417 e. The van der Waals surface area contributed by atoms with Crippen molar-refractivity contribution < 1.29 is 22.6 Å². The van der Waals surface area contributed by atoms with Gasteiger partial charge in [0, 0.05) is 4.47 Å². The van der Waals surface area contributed by atoms with Gasteiger partial charge in [0.1, 0.15) is 0 Å². The molecule has 84 valence electrons. The van der Waals surface area contributed by atoms with Gasteiger partial charge in [0.15, 0.2) is 11.5 Å². The Morgan fingerprint density at radius 3 is 1.93 bits per heavy atom. The fourth-order valence-electron chi connectivity index (χ4n) is 1.07. The van der Waals surface area contributed by atoms with Crippen molar-refractivity contribution in [3.8, 4) is 11.5 Å². The van der Waals surface area contributed by atoms with Crippen molar-refractivity contribution in [3.63, 3.8) is 0 Å². The molecular weight excluding hydrogens is 277 g/mol. The molecular formula is C9H8BrF3O2. The molecule has 0 radical (unpaired) electrons. The summed E-state index contributed by atoms with van der Waals surface area (Å²) >= 11 is 2.83. The second kappa shape index (κ2) is 4.30. The molecule has 2 nitrogen and oxygen atoms in total. The van der Waals surface area contributed by atoms with Crippen LogP contribution in [0.25, 0.3) is 0 Å². The van der Waals surface area contributed by atoms with Crippen molar-refractivity contribution in [3.05, 3.63) is 22.2 Å². The van der Waals surface area contributed by atoms with Crippen molar-refractivity contribution in [2.45, 2.75) is 6.18 Å². The van der Waals surface area contributed by atoms with E-state index >= 15 is 0 Å². The highest BCUT2D eigenvalue weighted by Crippen LogP contribution is 2.41. The van der Waals surface area contributed by atoms with Crippen LogP contribution in [0.4, 0.5) is 13.2 Å². The van der Waals surface area contributed by atoms with Gasteiger partial charge in [-0.1, -0.05) is 15.9 Å². The lowest BCUT2D eigenvalue weighted by Crippen LogP contribution is -2.07. The number of hydrogen-bond donors (Lipinski definition) is 0. The zero-order chi connectivity index (χ0) is 11.6. The van der Waals surface area contributed by atoms with Crippen LogP contribution in [-0.2, 0) is 6.18 Å². The summed E-state index contributed by atoms with van der Waals surface area (Å²) < 4.78 is 47.0. The molecule has 0 saturated heterocycles. The molecule has 1 aromatic carbocycles. The van der Waals surface area contributed by atoms with Crippen LogP contribution in [0, 0.1) is 0 Å². The molecule has 0 atom stereocenters. The van der Waals surface area contributed by atoms with Crippen molar-refractivity contribution in [2.24, 2.45) is 0 Å². The predicted octanol–water partition coefficient (Wildman–Crippen LogP) is 3.49. The van der Waals surface area contributed by atoms with E-state index in [1.54, 1.807) is 0 Å². The Bertz CT molecular complexity index is 363. The molecule has 0 aliphatic rings. The van der Waals surface area contributed by atoms with Crippen LogP contribution in [0.3, 0.4) is 0 Å². The Kier molecular flexibility index (Phi) is 3.49. The summed E-state index contributed by atoms with van der Waals surface area (Å²) in [5.74, 6) is 0.297. The van der Waals surface area contributed by atoms with E-state index in [2.05, 4.69) is 15.9 Å². The lowest BCUT2D eigenvalue weighted by Gasteiger charge is -2.13. The lowest BCUT2D eigenvalue weighted by atomic mass is 10.2. The smallest absolute Gasteiger partial charge is 0.417 e. The average molecular weight is 285 g/mol. The summed E-state index contributed by atoms with van der Waals surface area (Å²) in [6.45, 7) is 0. The van der Waals surface area contributed by atoms with Gasteiger partial charge in [0.05, 0.1) is 19.8 Å². The second-order valence-electron chi connectivity index (χ2n) is 2.68.